The van der Waals surface area contributed by atoms with Gasteiger partial charge in [-0.1, -0.05) is 33.1 Å². The van der Waals surface area contributed by atoms with Crippen molar-refractivity contribution in [3.63, 3.8) is 0 Å². The van der Waals surface area contributed by atoms with Crippen LogP contribution in [0.15, 0.2) is 0 Å². The first-order valence-electron chi connectivity index (χ1n) is 5.74. The highest BCUT2D eigenvalue weighted by Crippen LogP contribution is 2.00. The van der Waals surface area contributed by atoms with Gasteiger partial charge in [0.15, 0.2) is 0 Å². The van der Waals surface area contributed by atoms with E-state index in [-0.39, 0.29) is 0 Å². The summed E-state index contributed by atoms with van der Waals surface area (Å²) in [4.78, 5) is 12.4. The summed E-state index contributed by atoms with van der Waals surface area (Å²) in [6, 6.07) is 0. The minimum Gasteiger partial charge on any atom is -0.357 e. The summed E-state index contributed by atoms with van der Waals surface area (Å²) in [5, 5.41) is 2.69. The summed E-state index contributed by atoms with van der Waals surface area (Å²) >= 11 is 0. The second-order valence-electron chi connectivity index (χ2n) is 3.57. The SMILES string of the molecule is CCCCCCN(CC)CCNC=O. The predicted molar refractivity (Wildman–Crippen MR) is 60.3 cm³/mol. The molecule has 0 spiro atoms. The number of unbranched alkanes of at least 4 members (excludes halogenated alkanes) is 3. The Kier molecular flexibility index (Phi) is 10.1. The van der Waals surface area contributed by atoms with Crippen LogP contribution in [0.3, 0.4) is 0 Å². The van der Waals surface area contributed by atoms with Gasteiger partial charge in [0.2, 0.25) is 6.41 Å². The van der Waals surface area contributed by atoms with Crippen LogP contribution in [0.4, 0.5) is 0 Å². The molecule has 0 aliphatic carbocycles. The molecule has 84 valence electrons. The number of hydrogen-bond donors (Lipinski definition) is 1. The Labute approximate surface area is 87.9 Å². The van der Waals surface area contributed by atoms with Crippen molar-refractivity contribution in [1.29, 1.82) is 0 Å². The topological polar surface area (TPSA) is 32.3 Å². The molecule has 0 aromatic carbocycles. The van der Waals surface area contributed by atoms with Crippen LogP contribution in [-0.2, 0) is 4.79 Å². The van der Waals surface area contributed by atoms with Gasteiger partial charge in [-0.25, -0.2) is 0 Å². The highest BCUT2D eigenvalue weighted by Gasteiger charge is 2.00. The lowest BCUT2D eigenvalue weighted by Gasteiger charge is -2.19. The first-order valence-corrected chi connectivity index (χ1v) is 5.74. The normalized spacial score (nSPS) is 10.5. The Morgan fingerprint density at radius 2 is 1.93 bits per heavy atom. The van der Waals surface area contributed by atoms with E-state index >= 15 is 0 Å². The molecule has 0 bridgehead atoms. The van der Waals surface area contributed by atoms with Gasteiger partial charge in [-0.3, -0.25) is 4.79 Å². The maximum atomic E-state index is 10.0. The third-order valence-electron chi connectivity index (χ3n) is 2.43. The molecule has 1 amide bonds. The van der Waals surface area contributed by atoms with Gasteiger partial charge < -0.3 is 10.2 Å². The lowest BCUT2D eigenvalue weighted by atomic mass is 10.2. The fraction of sp³-hybridized carbons (Fsp3) is 0.909. The van der Waals surface area contributed by atoms with Gasteiger partial charge in [-0.05, 0) is 19.5 Å². The lowest BCUT2D eigenvalue weighted by Crippen LogP contribution is -2.32. The number of carbonyl (C=O) groups is 1. The molecule has 0 aliphatic rings. The highest BCUT2D eigenvalue weighted by atomic mass is 16.1. The molecule has 0 saturated carbocycles. The van der Waals surface area contributed by atoms with E-state index in [1.54, 1.807) is 0 Å². The number of nitrogens with one attached hydrogen (secondary N) is 1. The molecule has 3 heteroatoms. The number of hydrogen-bond acceptors (Lipinski definition) is 2. The molecule has 1 N–H and O–H groups in total. The van der Waals surface area contributed by atoms with Crippen molar-refractivity contribution >= 4 is 6.41 Å². The molecule has 0 aromatic heterocycles. The van der Waals surface area contributed by atoms with Gasteiger partial charge in [0.25, 0.3) is 0 Å². The molecule has 0 aromatic rings. The van der Waals surface area contributed by atoms with Crippen molar-refractivity contribution in [2.75, 3.05) is 26.2 Å². The predicted octanol–water partition coefficient (Wildman–Crippen LogP) is 1.63. The molecular formula is C11H24N2O. The van der Waals surface area contributed by atoms with E-state index in [0.717, 1.165) is 32.6 Å². The van der Waals surface area contributed by atoms with E-state index in [2.05, 4.69) is 24.1 Å². The van der Waals surface area contributed by atoms with Crippen LogP contribution in [-0.4, -0.2) is 37.5 Å². The summed E-state index contributed by atoms with van der Waals surface area (Å²) in [6.45, 7) is 8.38. The molecule has 14 heavy (non-hydrogen) atoms. The average molecular weight is 200 g/mol. The number of carbonyl (C=O) groups excluding carboxylic acids is 1. The number of amides is 1. The first kappa shape index (κ1) is 13.4. The van der Waals surface area contributed by atoms with E-state index in [1.165, 1.54) is 25.7 Å². The molecule has 0 radical (unpaired) electrons. The zero-order chi connectivity index (χ0) is 10.6. The van der Waals surface area contributed by atoms with Crippen molar-refractivity contribution in [3.8, 4) is 0 Å². The van der Waals surface area contributed by atoms with Crippen molar-refractivity contribution in [1.82, 2.24) is 10.2 Å². The lowest BCUT2D eigenvalue weighted by molar-refractivity contribution is -0.109. The minimum absolute atomic E-state index is 0.769. The third-order valence-corrected chi connectivity index (χ3v) is 2.43. The Balaban J connectivity index is 3.33. The van der Waals surface area contributed by atoms with E-state index in [0.29, 0.717) is 0 Å². The molecule has 0 saturated heterocycles. The van der Waals surface area contributed by atoms with Crippen LogP contribution in [0.1, 0.15) is 39.5 Å². The van der Waals surface area contributed by atoms with Crippen LogP contribution in [0.25, 0.3) is 0 Å². The number of likely N-dealkylation sites (N-methyl/N-ethyl adjacent to an activating group) is 1. The molecule has 0 atom stereocenters. The second kappa shape index (κ2) is 10.5. The Morgan fingerprint density at radius 3 is 2.50 bits per heavy atom. The van der Waals surface area contributed by atoms with Crippen molar-refractivity contribution in [2.45, 2.75) is 39.5 Å². The molecule has 0 rings (SSSR count). The zero-order valence-corrected chi connectivity index (χ0v) is 9.59. The van der Waals surface area contributed by atoms with Gasteiger partial charge in [-0.15, -0.1) is 0 Å². The second-order valence-corrected chi connectivity index (χ2v) is 3.57. The van der Waals surface area contributed by atoms with Crippen molar-refractivity contribution in [2.24, 2.45) is 0 Å². The van der Waals surface area contributed by atoms with Gasteiger partial charge in [0.1, 0.15) is 0 Å². The first-order chi connectivity index (χ1) is 6.85. The molecule has 0 fully saturated rings. The van der Waals surface area contributed by atoms with E-state index < -0.39 is 0 Å². The van der Waals surface area contributed by atoms with Crippen LogP contribution in [0, 0.1) is 0 Å². The molecule has 0 heterocycles. The van der Waals surface area contributed by atoms with Crippen LogP contribution in [0.2, 0.25) is 0 Å². The summed E-state index contributed by atoms with van der Waals surface area (Å²) in [7, 11) is 0. The van der Waals surface area contributed by atoms with Crippen LogP contribution in [0.5, 0.6) is 0 Å². The highest BCUT2D eigenvalue weighted by molar-refractivity contribution is 5.45. The summed E-state index contributed by atoms with van der Waals surface area (Å²) < 4.78 is 0. The van der Waals surface area contributed by atoms with E-state index in [4.69, 9.17) is 0 Å². The third kappa shape index (κ3) is 8.05. The standard InChI is InChI=1S/C11H24N2O/c1-3-5-6-7-9-13(4-2)10-8-12-11-14/h11H,3-10H2,1-2H3,(H,12,14). The summed E-state index contributed by atoms with van der Waals surface area (Å²) in [5.41, 5.74) is 0. The Hall–Kier alpha value is -0.570. The molecule has 0 aliphatic heterocycles. The maximum absolute atomic E-state index is 10.0. The fourth-order valence-electron chi connectivity index (χ4n) is 1.47. The average Bonchev–Trinajstić information content (AvgIpc) is 2.22. The van der Waals surface area contributed by atoms with Gasteiger partial charge in [-0.2, -0.15) is 0 Å². The summed E-state index contributed by atoms with van der Waals surface area (Å²) in [6.07, 6.45) is 6.00. The van der Waals surface area contributed by atoms with Crippen molar-refractivity contribution in [3.05, 3.63) is 0 Å². The van der Waals surface area contributed by atoms with E-state index in [9.17, 15) is 4.79 Å². The molecule has 3 nitrogen and oxygen atoms in total. The summed E-state index contributed by atoms with van der Waals surface area (Å²) in [5.74, 6) is 0. The maximum Gasteiger partial charge on any atom is 0.207 e. The van der Waals surface area contributed by atoms with Crippen LogP contribution < -0.4 is 5.32 Å². The van der Waals surface area contributed by atoms with Gasteiger partial charge in [0, 0.05) is 13.1 Å². The van der Waals surface area contributed by atoms with Crippen molar-refractivity contribution < 1.29 is 4.79 Å². The minimum atomic E-state index is 0.769. The molecular weight excluding hydrogens is 176 g/mol. The van der Waals surface area contributed by atoms with Crippen LogP contribution >= 0.6 is 0 Å². The van der Waals surface area contributed by atoms with Gasteiger partial charge in [0.05, 0.1) is 0 Å². The monoisotopic (exact) mass is 200 g/mol. The smallest absolute Gasteiger partial charge is 0.207 e. The number of rotatable bonds is 10. The van der Waals surface area contributed by atoms with E-state index in [1.807, 2.05) is 0 Å². The molecule has 0 unspecified atom stereocenters. The number of nitrogens with zero attached hydrogens (tertiary/aromatic N) is 1. The largest absolute Gasteiger partial charge is 0.357 e. The fourth-order valence-corrected chi connectivity index (χ4v) is 1.47. The Bertz CT molecular complexity index is 128. The zero-order valence-electron chi connectivity index (χ0n) is 9.59. The quantitative estimate of drug-likeness (QED) is 0.429. The van der Waals surface area contributed by atoms with Gasteiger partial charge >= 0.3 is 0 Å². The Morgan fingerprint density at radius 1 is 1.14 bits per heavy atom.